The lowest BCUT2D eigenvalue weighted by molar-refractivity contribution is 0.0991. The molecule has 1 heterocycles. The molecule has 0 unspecified atom stereocenters. The van der Waals surface area contributed by atoms with Crippen LogP contribution in [0.4, 0.5) is 0 Å². The Labute approximate surface area is 117 Å². The second kappa shape index (κ2) is 5.21. The van der Waals surface area contributed by atoms with Gasteiger partial charge in [0.05, 0.1) is 6.42 Å². The van der Waals surface area contributed by atoms with Crippen molar-refractivity contribution in [3.05, 3.63) is 71.8 Å². The standard InChI is InChI=1S/C17H14N2O/c1-12-3-4-14-10-15(6-5-13(14)9-12)16(20)11-17-18-7-2-8-19-17/h2-10H,11H2,1H3. The fraction of sp³-hybridized carbons (Fsp3) is 0.118. The third kappa shape index (κ3) is 2.57. The molecule has 3 aromatic rings. The zero-order valence-electron chi connectivity index (χ0n) is 11.2. The van der Waals surface area contributed by atoms with E-state index in [1.54, 1.807) is 18.5 Å². The second-order valence-electron chi connectivity index (χ2n) is 4.83. The van der Waals surface area contributed by atoms with Crippen LogP contribution in [-0.2, 0) is 6.42 Å². The van der Waals surface area contributed by atoms with Crippen LogP contribution in [0.5, 0.6) is 0 Å². The third-order valence-corrected chi connectivity index (χ3v) is 3.26. The van der Waals surface area contributed by atoms with E-state index in [1.165, 1.54) is 5.56 Å². The van der Waals surface area contributed by atoms with Crippen molar-refractivity contribution in [2.75, 3.05) is 0 Å². The van der Waals surface area contributed by atoms with Gasteiger partial charge in [0.25, 0.3) is 0 Å². The number of hydrogen-bond acceptors (Lipinski definition) is 3. The number of benzene rings is 2. The molecule has 3 rings (SSSR count). The van der Waals surface area contributed by atoms with Crippen LogP contribution in [0.15, 0.2) is 54.9 Å². The summed E-state index contributed by atoms with van der Waals surface area (Å²) in [6.45, 7) is 2.06. The fourth-order valence-electron chi connectivity index (χ4n) is 2.21. The number of nitrogens with zero attached hydrogens (tertiary/aromatic N) is 2. The summed E-state index contributed by atoms with van der Waals surface area (Å²) in [4.78, 5) is 20.4. The first-order valence-electron chi connectivity index (χ1n) is 6.52. The average molecular weight is 262 g/mol. The molecule has 0 amide bonds. The molecule has 98 valence electrons. The zero-order valence-corrected chi connectivity index (χ0v) is 11.2. The zero-order chi connectivity index (χ0) is 13.9. The van der Waals surface area contributed by atoms with E-state index in [0.29, 0.717) is 11.4 Å². The van der Waals surface area contributed by atoms with E-state index in [2.05, 4.69) is 29.0 Å². The summed E-state index contributed by atoms with van der Waals surface area (Å²) in [7, 11) is 0. The first-order chi connectivity index (χ1) is 9.72. The van der Waals surface area contributed by atoms with Crippen LogP contribution in [0.3, 0.4) is 0 Å². The molecule has 20 heavy (non-hydrogen) atoms. The molecule has 0 aliphatic carbocycles. The van der Waals surface area contributed by atoms with Gasteiger partial charge in [0.2, 0.25) is 0 Å². The number of fused-ring (bicyclic) bond motifs is 1. The number of aromatic nitrogens is 2. The van der Waals surface area contributed by atoms with Crippen LogP contribution in [0, 0.1) is 6.92 Å². The summed E-state index contributed by atoms with van der Waals surface area (Å²) in [5, 5.41) is 2.23. The second-order valence-corrected chi connectivity index (χ2v) is 4.83. The highest BCUT2D eigenvalue weighted by molar-refractivity contribution is 6.00. The molecular formula is C17H14N2O. The predicted octanol–water partition coefficient (Wildman–Crippen LogP) is 3.36. The number of carbonyl (C=O) groups is 1. The van der Waals surface area contributed by atoms with Crippen LogP contribution in [0.2, 0.25) is 0 Å². The third-order valence-electron chi connectivity index (χ3n) is 3.26. The van der Waals surface area contributed by atoms with Gasteiger partial charge < -0.3 is 0 Å². The number of rotatable bonds is 3. The molecule has 0 saturated heterocycles. The minimum absolute atomic E-state index is 0.0404. The monoisotopic (exact) mass is 262 g/mol. The van der Waals surface area contributed by atoms with Crippen LogP contribution in [-0.4, -0.2) is 15.8 Å². The molecule has 0 radical (unpaired) electrons. The van der Waals surface area contributed by atoms with Crippen LogP contribution in [0.25, 0.3) is 10.8 Å². The quantitative estimate of drug-likeness (QED) is 0.680. The molecule has 0 saturated carbocycles. The number of Topliss-reactive ketones (excluding diaryl/α,β-unsaturated/α-hetero) is 1. The summed E-state index contributed by atoms with van der Waals surface area (Å²) in [5.74, 6) is 0.597. The van der Waals surface area contributed by atoms with E-state index in [9.17, 15) is 4.79 Å². The predicted molar refractivity (Wildman–Crippen MR) is 78.8 cm³/mol. The van der Waals surface area contributed by atoms with E-state index in [-0.39, 0.29) is 12.2 Å². The van der Waals surface area contributed by atoms with Crippen molar-refractivity contribution >= 4 is 16.6 Å². The van der Waals surface area contributed by atoms with E-state index in [4.69, 9.17) is 0 Å². The van der Waals surface area contributed by atoms with Crippen molar-refractivity contribution in [2.45, 2.75) is 13.3 Å². The molecule has 0 bridgehead atoms. The van der Waals surface area contributed by atoms with Crippen LogP contribution < -0.4 is 0 Å². The van der Waals surface area contributed by atoms with Gasteiger partial charge in [-0.3, -0.25) is 4.79 Å². The molecule has 1 aromatic heterocycles. The van der Waals surface area contributed by atoms with E-state index in [1.807, 2.05) is 24.3 Å². The Morgan fingerprint density at radius 2 is 1.70 bits per heavy atom. The van der Waals surface area contributed by atoms with Gasteiger partial charge in [-0.15, -0.1) is 0 Å². The van der Waals surface area contributed by atoms with Gasteiger partial charge in [-0.1, -0.05) is 35.9 Å². The van der Waals surface area contributed by atoms with E-state index < -0.39 is 0 Å². The highest BCUT2D eigenvalue weighted by Crippen LogP contribution is 2.18. The highest BCUT2D eigenvalue weighted by Gasteiger charge is 2.09. The molecule has 0 spiro atoms. The molecule has 0 fully saturated rings. The maximum Gasteiger partial charge on any atom is 0.170 e. The van der Waals surface area contributed by atoms with Gasteiger partial charge in [-0.25, -0.2) is 9.97 Å². The average Bonchev–Trinajstić information content (AvgIpc) is 2.47. The summed E-state index contributed by atoms with van der Waals surface area (Å²) in [5.41, 5.74) is 1.92. The van der Waals surface area contributed by atoms with Crippen molar-refractivity contribution in [2.24, 2.45) is 0 Å². The van der Waals surface area contributed by atoms with Gasteiger partial charge in [0.1, 0.15) is 5.82 Å². The van der Waals surface area contributed by atoms with Crippen molar-refractivity contribution in [3.63, 3.8) is 0 Å². The molecule has 0 N–H and O–H groups in total. The molecule has 3 nitrogen and oxygen atoms in total. The molecule has 3 heteroatoms. The maximum absolute atomic E-state index is 12.2. The SMILES string of the molecule is Cc1ccc2cc(C(=O)Cc3ncccn3)ccc2c1. The minimum Gasteiger partial charge on any atom is -0.294 e. The normalized spacial score (nSPS) is 10.7. The van der Waals surface area contributed by atoms with Crippen molar-refractivity contribution in [1.29, 1.82) is 0 Å². The Morgan fingerprint density at radius 3 is 2.50 bits per heavy atom. The number of ketones is 1. The number of carbonyl (C=O) groups excluding carboxylic acids is 1. The first kappa shape index (κ1) is 12.5. The Morgan fingerprint density at radius 1 is 1.00 bits per heavy atom. The molecule has 2 aromatic carbocycles. The summed E-state index contributed by atoms with van der Waals surface area (Å²) in [6, 6.07) is 13.7. The molecular weight excluding hydrogens is 248 g/mol. The summed E-state index contributed by atoms with van der Waals surface area (Å²) >= 11 is 0. The lowest BCUT2D eigenvalue weighted by atomic mass is 10.0. The summed E-state index contributed by atoms with van der Waals surface area (Å²) in [6.07, 6.45) is 3.54. The Bertz CT molecular complexity index is 766. The van der Waals surface area contributed by atoms with Crippen LogP contribution in [0.1, 0.15) is 21.7 Å². The Balaban J connectivity index is 1.90. The van der Waals surface area contributed by atoms with Gasteiger partial charge in [0.15, 0.2) is 5.78 Å². The van der Waals surface area contributed by atoms with Crippen molar-refractivity contribution < 1.29 is 4.79 Å². The highest BCUT2D eigenvalue weighted by atomic mass is 16.1. The number of hydrogen-bond donors (Lipinski definition) is 0. The van der Waals surface area contributed by atoms with Gasteiger partial charge in [-0.2, -0.15) is 0 Å². The van der Waals surface area contributed by atoms with Crippen LogP contribution >= 0.6 is 0 Å². The molecule has 0 aliphatic rings. The lowest BCUT2D eigenvalue weighted by Crippen LogP contribution is -2.06. The Hall–Kier alpha value is -2.55. The molecule has 0 aliphatic heterocycles. The minimum atomic E-state index is 0.0404. The fourth-order valence-corrected chi connectivity index (χ4v) is 2.21. The van der Waals surface area contributed by atoms with E-state index >= 15 is 0 Å². The molecule has 0 atom stereocenters. The maximum atomic E-state index is 12.2. The van der Waals surface area contributed by atoms with Crippen molar-refractivity contribution in [3.8, 4) is 0 Å². The smallest absolute Gasteiger partial charge is 0.170 e. The van der Waals surface area contributed by atoms with E-state index in [0.717, 1.165) is 10.8 Å². The van der Waals surface area contributed by atoms with Gasteiger partial charge >= 0.3 is 0 Å². The summed E-state index contributed by atoms with van der Waals surface area (Å²) < 4.78 is 0. The number of aryl methyl sites for hydroxylation is 1. The van der Waals surface area contributed by atoms with Gasteiger partial charge in [-0.05, 0) is 29.8 Å². The van der Waals surface area contributed by atoms with Crippen molar-refractivity contribution in [1.82, 2.24) is 9.97 Å². The topological polar surface area (TPSA) is 42.9 Å². The lowest BCUT2D eigenvalue weighted by Gasteiger charge is -2.04. The first-order valence-corrected chi connectivity index (χ1v) is 6.52. The Kier molecular flexibility index (Phi) is 3.25. The largest absolute Gasteiger partial charge is 0.294 e. The van der Waals surface area contributed by atoms with Gasteiger partial charge in [0, 0.05) is 18.0 Å².